The van der Waals surface area contributed by atoms with Gasteiger partial charge in [-0.05, 0) is 60.5 Å². The maximum absolute atomic E-state index is 12.1. The van der Waals surface area contributed by atoms with Crippen molar-refractivity contribution in [2.75, 3.05) is 12.4 Å². The van der Waals surface area contributed by atoms with Crippen LogP contribution in [0.2, 0.25) is 0 Å². The number of nitrogens with one attached hydrogen (secondary N) is 1. The van der Waals surface area contributed by atoms with E-state index in [-0.39, 0.29) is 5.75 Å². The molecule has 0 aliphatic heterocycles. The molecule has 2 heterocycles. The Hall–Kier alpha value is -3.58. The predicted octanol–water partition coefficient (Wildman–Crippen LogP) is 6.14. The van der Waals surface area contributed by atoms with E-state index in [9.17, 15) is 9.90 Å². The van der Waals surface area contributed by atoms with E-state index < -0.39 is 5.97 Å². The number of anilines is 2. The normalized spacial score (nSPS) is 11.0. The number of benzene rings is 2. The monoisotopic (exact) mass is 445 g/mol. The Morgan fingerprint density at radius 2 is 1.81 bits per heavy atom. The number of hydrogen-bond donors (Lipinski definition) is 2. The van der Waals surface area contributed by atoms with Crippen LogP contribution in [0.1, 0.15) is 35.8 Å². The van der Waals surface area contributed by atoms with Gasteiger partial charge in [0.1, 0.15) is 5.75 Å². The Labute approximate surface area is 190 Å². The van der Waals surface area contributed by atoms with E-state index in [1.165, 1.54) is 18.9 Å². The molecule has 2 aromatic heterocycles. The molecule has 4 rings (SSSR count). The number of aromatic nitrogens is 2. The van der Waals surface area contributed by atoms with Gasteiger partial charge < -0.3 is 15.2 Å². The molecule has 0 atom stereocenters. The first-order chi connectivity index (χ1) is 15.4. The molecule has 6 nitrogen and oxygen atoms in total. The van der Waals surface area contributed by atoms with Crippen molar-refractivity contribution in [2.45, 2.75) is 29.6 Å². The summed E-state index contributed by atoms with van der Waals surface area (Å²) in [5.74, 6) is 0.116. The van der Waals surface area contributed by atoms with Crippen LogP contribution in [-0.4, -0.2) is 28.2 Å². The van der Waals surface area contributed by atoms with E-state index in [1.54, 1.807) is 30.5 Å². The Bertz CT molecular complexity index is 1270. The third kappa shape index (κ3) is 4.68. The maximum atomic E-state index is 12.1. The Kier molecular flexibility index (Phi) is 6.28. The third-order valence-corrected chi connectivity index (χ3v) is 6.06. The lowest BCUT2D eigenvalue weighted by Crippen LogP contribution is -2.03. The molecule has 0 amide bonds. The third-order valence-electron chi connectivity index (χ3n) is 4.97. The Morgan fingerprint density at radius 1 is 1.03 bits per heavy atom. The second-order valence-corrected chi connectivity index (χ2v) is 8.68. The first-order valence-electron chi connectivity index (χ1n) is 10.2. The summed E-state index contributed by atoms with van der Waals surface area (Å²) in [7, 11) is 1.36. The van der Waals surface area contributed by atoms with Gasteiger partial charge in [0, 0.05) is 33.3 Å². The van der Waals surface area contributed by atoms with Crippen molar-refractivity contribution >= 4 is 40.0 Å². The molecule has 0 fully saturated rings. The summed E-state index contributed by atoms with van der Waals surface area (Å²) in [6, 6.07) is 16.3. The van der Waals surface area contributed by atoms with Crippen LogP contribution in [0.3, 0.4) is 0 Å². The van der Waals surface area contributed by atoms with Crippen LogP contribution in [0.25, 0.3) is 10.9 Å². The van der Waals surface area contributed by atoms with Gasteiger partial charge in [-0.1, -0.05) is 25.6 Å². The summed E-state index contributed by atoms with van der Waals surface area (Å²) in [4.78, 5) is 23.1. The number of rotatable bonds is 6. The van der Waals surface area contributed by atoms with Crippen molar-refractivity contribution in [1.29, 1.82) is 0 Å². The molecular weight excluding hydrogens is 422 g/mol. The molecule has 0 spiro atoms. The fourth-order valence-electron chi connectivity index (χ4n) is 3.23. The van der Waals surface area contributed by atoms with E-state index in [1.807, 2.05) is 36.5 Å². The highest BCUT2D eigenvalue weighted by Gasteiger charge is 2.14. The van der Waals surface area contributed by atoms with E-state index in [0.29, 0.717) is 11.5 Å². The van der Waals surface area contributed by atoms with Gasteiger partial charge in [0.25, 0.3) is 0 Å². The van der Waals surface area contributed by atoms with Crippen molar-refractivity contribution in [2.24, 2.45) is 0 Å². The number of carbonyl (C=O) groups excluding carboxylic acids is 1. The van der Waals surface area contributed by atoms with Crippen molar-refractivity contribution < 1.29 is 14.6 Å². The number of aromatic hydroxyl groups is 1. The standard InChI is InChI=1S/C25H23N3O3S/c1-15(2)21-13-22-19(14-27-21)20(10-11-26-22)28-23-12-16(25(30)31-3)4-9-24(23)32-18-7-5-17(29)6-8-18/h4-15,29H,1-3H3,(H,26,28). The molecule has 0 saturated carbocycles. The molecule has 0 bridgehead atoms. The summed E-state index contributed by atoms with van der Waals surface area (Å²) in [6.07, 6.45) is 3.59. The molecule has 0 saturated heterocycles. The molecule has 32 heavy (non-hydrogen) atoms. The van der Waals surface area contributed by atoms with Crippen LogP contribution in [0.4, 0.5) is 11.4 Å². The van der Waals surface area contributed by atoms with Crippen LogP contribution >= 0.6 is 11.8 Å². The molecule has 2 N–H and O–H groups in total. The molecule has 0 aliphatic rings. The zero-order valence-corrected chi connectivity index (χ0v) is 18.8. The maximum Gasteiger partial charge on any atom is 0.337 e. The summed E-state index contributed by atoms with van der Waals surface area (Å²) >= 11 is 1.52. The summed E-state index contributed by atoms with van der Waals surface area (Å²) in [5.41, 5.74) is 3.88. The highest BCUT2D eigenvalue weighted by molar-refractivity contribution is 7.99. The molecule has 0 unspecified atom stereocenters. The summed E-state index contributed by atoms with van der Waals surface area (Å²) < 4.78 is 4.90. The summed E-state index contributed by atoms with van der Waals surface area (Å²) in [5, 5.41) is 13.9. The van der Waals surface area contributed by atoms with E-state index in [4.69, 9.17) is 4.74 Å². The van der Waals surface area contributed by atoms with Gasteiger partial charge in [-0.25, -0.2) is 4.79 Å². The molecule has 162 valence electrons. The fourth-order valence-corrected chi connectivity index (χ4v) is 4.11. The van der Waals surface area contributed by atoms with Crippen molar-refractivity contribution in [3.63, 3.8) is 0 Å². The molecule has 0 aliphatic carbocycles. The fraction of sp³-hybridized carbons (Fsp3) is 0.160. The number of phenols is 1. The SMILES string of the molecule is COC(=O)c1ccc(Sc2ccc(O)cc2)c(Nc2ccnc3cc(C(C)C)ncc23)c1. The Balaban J connectivity index is 1.75. The summed E-state index contributed by atoms with van der Waals surface area (Å²) in [6.45, 7) is 4.20. The molecule has 7 heteroatoms. The lowest BCUT2D eigenvalue weighted by atomic mass is 10.1. The van der Waals surface area contributed by atoms with Crippen LogP contribution in [0.5, 0.6) is 5.75 Å². The minimum atomic E-state index is -0.405. The zero-order valence-electron chi connectivity index (χ0n) is 18.0. The highest BCUT2D eigenvalue weighted by atomic mass is 32.2. The largest absolute Gasteiger partial charge is 0.508 e. The average molecular weight is 446 g/mol. The second-order valence-electron chi connectivity index (χ2n) is 7.56. The minimum Gasteiger partial charge on any atom is -0.508 e. The van der Waals surface area contributed by atoms with Crippen LogP contribution in [0.15, 0.2) is 76.8 Å². The van der Waals surface area contributed by atoms with Gasteiger partial charge in [0.2, 0.25) is 0 Å². The zero-order chi connectivity index (χ0) is 22.7. The van der Waals surface area contributed by atoms with Gasteiger partial charge in [-0.3, -0.25) is 9.97 Å². The molecule has 4 aromatic rings. The molecule has 2 aromatic carbocycles. The van der Waals surface area contributed by atoms with Gasteiger partial charge in [0.15, 0.2) is 0 Å². The number of phenolic OH excluding ortho intramolecular Hbond substituents is 1. The van der Waals surface area contributed by atoms with E-state index >= 15 is 0 Å². The van der Waals surface area contributed by atoms with Gasteiger partial charge in [-0.2, -0.15) is 0 Å². The molecule has 0 radical (unpaired) electrons. The first-order valence-corrected chi connectivity index (χ1v) is 11.0. The number of fused-ring (bicyclic) bond motifs is 1. The number of pyridine rings is 2. The molecular formula is C25H23N3O3S. The Morgan fingerprint density at radius 3 is 2.53 bits per heavy atom. The van der Waals surface area contributed by atoms with Crippen molar-refractivity contribution in [1.82, 2.24) is 9.97 Å². The number of ether oxygens (including phenoxy) is 1. The highest BCUT2D eigenvalue weighted by Crippen LogP contribution is 2.37. The minimum absolute atomic E-state index is 0.213. The lowest BCUT2D eigenvalue weighted by Gasteiger charge is -2.15. The second kappa shape index (κ2) is 9.28. The lowest BCUT2D eigenvalue weighted by molar-refractivity contribution is 0.0600. The first kappa shape index (κ1) is 21.6. The number of hydrogen-bond acceptors (Lipinski definition) is 7. The van der Waals surface area contributed by atoms with Crippen molar-refractivity contribution in [3.05, 3.63) is 78.2 Å². The van der Waals surface area contributed by atoms with Gasteiger partial charge in [-0.15, -0.1) is 0 Å². The van der Waals surface area contributed by atoms with Crippen molar-refractivity contribution in [3.8, 4) is 5.75 Å². The number of nitrogens with zero attached hydrogens (tertiary/aromatic N) is 2. The predicted molar refractivity (Wildman–Crippen MR) is 127 cm³/mol. The van der Waals surface area contributed by atoms with Gasteiger partial charge in [0.05, 0.1) is 29.6 Å². The topological polar surface area (TPSA) is 84.3 Å². The average Bonchev–Trinajstić information content (AvgIpc) is 2.80. The van der Waals surface area contributed by atoms with Gasteiger partial charge >= 0.3 is 5.97 Å². The number of esters is 1. The number of carbonyl (C=O) groups is 1. The quantitative estimate of drug-likeness (QED) is 0.345. The number of methoxy groups -OCH3 is 1. The van der Waals surface area contributed by atoms with E-state index in [2.05, 4.69) is 29.1 Å². The van der Waals surface area contributed by atoms with Crippen LogP contribution < -0.4 is 5.32 Å². The smallest absolute Gasteiger partial charge is 0.337 e. The van der Waals surface area contributed by atoms with E-state index in [0.717, 1.165) is 37.8 Å². The van der Waals surface area contributed by atoms with Crippen LogP contribution in [-0.2, 0) is 4.74 Å². The van der Waals surface area contributed by atoms with Crippen LogP contribution in [0, 0.1) is 0 Å².